The van der Waals surface area contributed by atoms with E-state index in [4.69, 9.17) is 0 Å². The van der Waals surface area contributed by atoms with Crippen LogP contribution in [-0.2, 0) is 14.8 Å². The van der Waals surface area contributed by atoms with Gasteiger partial charge in [-0.25, -0.2) is 0 Å². The third-order valence-corrected chi connectivity index (χ3v) is 6.40. The topological polar surface area (TPSA) is 125 Å². The van der Waals surface area contributed by atoms with Crippen molar-refractivity contribution in [3.8, 4) is 0 Å². The molecule has 0 spiro atoms. The average molecular weight is 486 g/mol. The van der Waals surface area contributed by atoms with Crippen LogP contribution in [-0.4, -0.2) is 61.2 Å². The summed E-state index contributed by atoms with van der Waals surface area (Å²) in [5.74, 6) is -2.10. The van der Waals surface area contributed by atoms with Gasteiger partial charge in [-0.3, -0.25) is 9.52 Å². The van der Waals surface area contributed by atoms with E-state index in [-0.39, 0.29) is 22.4 Å². The molecule has 178 valence electrons. The quantitative estimate of drug-likeness (QED) is 0.466. The Morgan fingerprint density at radius 3 is 2.24 bits per heavy atom. The largest absolute Gasteiger partial charge is 0.871 e. The fourth-order valence-electron chi connectivity index (χ4n) is 3.63. The van der Waals surface area contributed by atoms with Crippen LogP contribution in [0.4, 0.5) is 24.5 Å². The van der Waals surface area contributed by atoms with E-state index in [1.807, 2.05) is 0 Å². The number of nitrogens with one attached hydrogen (secondary N) is 1. The molecule has 0 saturated carbocycles. The maximum atomic E-state index is 13.0. The van der Waals surface area contributed by atoms with Gasteiger partial charge >= 0.3 is 21.4 Å². The minimum atomic E-state index is -5.82. The Morgan fingerprint density at radius 2 is 1.79 bits per heavy atom. The first-order chi connectivity index (χ1) is 15.2. The number of hydrazone groups is 1. The fourth-order valence-corrected chi connectivity index (χ4v) is 4.20. The van der Waals surface area contributed by atoms with Gasteiger partial charge in [-0.05, 0) is 38.0 Å². The molecule has 0 bridgehead atoms. The highest BCUT2D eigenvalue weighted by Crippen LogP contribution is 2.42. The number of aliphatic hydroxyl groups is 1. The van der Waals surface area contributed by atoms with Gasteiger partial charge in [0.05, 0.1) is 5.69 Å². The van der Waals surface area contributed by atoms with Crippen molar-refractivity contribution in [1.29, 1.82) is 0 Å². The zero-order valence-electron chi connectivity index (χ0n) is 18.1. The lowest BCUT2D eigenvalue weighted by atomic mass is 9.79. The highest BCUT2D eigenvalue weighted by Gasteiger charge is 2.47. The molecular formula is C20H21F3N4O5S. The molecule has 1 aromatic rings. The van der Waals surface area contributed by atoms with E-state index in [0.29, 0.717) is 18.8 Å². The van der Waals surface area contributed by atoms with E-state index in [2.05, 4.69) is 5.10 Å². The van der Waals surface area contributed by atoms with Gasteiger partial charge in [-0.1, -0.05) is 16.5 Å². The van der Waals surface area contributed by atoms with Gasteiger partial charge in [0.25, 0.3) is 0 Å². The van der Waals surface area contributed by atoms with Crippen molar-refractivity contribution in [3.63, 3.8) is 0 Å². The second kappa shape index (κ2) is 8.21. The maximum Gasteiger partial charge on any atom is 0.516 e. The van der Waals surface area contributed by atoms with Crippen molar-refractivity contribution in [1.82, 2.24) is 0 Å². The highest BCUT2D eigenvalue weighted by molar-refractivity contribution is 7.93. The van der Waals surface area contributed by atoms with E-state index >= 15 is 0 Å². The predicted octanol–water partition coefficient (Wildman–Crippen LogP) is 1.73. The maximum absolute atomic E-state index is 13.0. The predicted molar refractivity (Wildman–Crippen MR) is 114 cm³/mol. The van der Waals surface area contributed by atoms with Gasteiger partial charge in [0, 0.05) is 35.5 Å². The number of aliphatic hydroxyl groups excluding tert-OH is 1. The molecule has 2 aliphatic rings. The number of carbonyl (C=O) groups is 1. The standard InChI is InChI=1S/C20H21F3N4O5S/c1-5-27(6-2)11-7-8-12(13(9-11)25-33(31,32)20(21,22)23)15-17(28)16(18(15)29)14-10(3)24-26(4)19(14)30/h7-9H,5-6H2,1-4H3,(H2,24,25,28,29,30). The molecule has 9 nitrogen and oxygen atoms in total. The zero-order valence-corrected chi connectivity index (χ0v) is 18.9. The number of sulfonamides is 1. The second-order valence-electron chi connectivity index (χ2n) is 7.27. The second-order valence-corrected chi connectivity index (χ2v) is 8.94. The van der Waals surface area contributed by atoms with Gasteiger partial charge in [0.1, 0.15) is 11.3 Å². The van der Waals surface area contributed by atoms with Crippen LogP contribution in [0, 0.1) is 0 Å². The van der Waals surface area contributed by atoms with Crippen molar-refractivity contribution in [3.05, 3.63) is 40.7 Å². The molecule has 2 N–H and O–H groups in total. The number of hydrogen-bond acceptors (Lipinski definition) is 6. The van der Waals surface area contributed by atoms with E-state index < -0.39 is 44.2 Å². The van der Waals surface area contributed by atoms with Crippen molar-refractivity contribution in [2.24, 2.45) is 5.10 Å². The molecule has 0 atom stereocenters. The van der Waals surface area contributed by atoms with E-state index in [9.17, 15) is 36.6 Å². The van der Waals surface area contributed by atoms with E-state index in [1.54, 1.807) is 18.7 Å². The van der Waals surface area contributed by atoms with Crippen molar-refractivity contribution < 1.29 is 41.3 Å². The molecule has 3 rings (SSSR count). The monoisotopic (exact) mass is 486 g/mol. The molecule has 33 heavy (non-hydrogen) atoms. The van der Waals surface area contributed by atoms with Crippen LogP contribution in [0.5, 0.6) is 0 Å². The molecule has 1 heterocycles. The third kappa shape index (κ3) is 3.96. The number of benzene rings is 1. The summed E-state index contributed by atoms with van der Waals surface area (Å²) >= 11 is 0. The number of hydrogen-bond donors (Lipinski definition) is 2. The molecule has 13 heteroatoms. The smallest absolute Gasteiger partial charge is 0.516 e. The summed E-state index contributed by atoms with van der Waals surface area (Å²) in [6.07, 6.45) is 0. The van der Waals surface area contributed by atoms with Crippen LogP contribution in [0.3, 0.4) is 0 Å². The molecule has 0 aromatic heterocycles. The number of ketones is 1. The number of anilines is 2. The van der Waals surface area contributed by atoms with Crippen LogP contribution in [0.2, 0.25) is 0 Å². The van der Waals surface area contributed by atoms with E-state index in [0.717, 1.165) is 10.8 Å². The summed E-state index contributed by atoms with van der Waals surface area (Å²) in [7, 11) is -4.42. The van der Waals surface area contributed by atoms with Crippen LogP contribution < -0.4 is 14.7 Å². The Kier molecular flexibility index (Phi) is 6.04. The van der Waals surface area contributed by atoms with Crippen LogP contribution >= 0.6 is 0 Å². The number of Topliss-reactive ketones (excluding diaryl/α,β-unsaturated/α-hetero) is 1. The number of nitrogens with zero attached hydrogens (tertiary/aromatic N) is 3. The Bertz CT molecular complexity index is 1270. The Morgan fingerprint density at radius 1 is 1.18 bits per heavy atom. The number of allylic oxidation sites excluding steroid dienone is 2. The normalized spacial score (nSPS) is 19.1. The van der Waals surface area contributed by atoms with Crippen LogP contribution in [0.25, 0.3) is 5.57 Å². The summed E-state index contributed by atoms with van der Waals surface area (Å²) in [6.45, 7) is 6.03. The van der Waals surface area contributed by atoms with E-state index in [1.165, 1.54) is 30.8 Å². The first kappa shape index (κ1) is 24.3. The number of carbonyl (C=O) groups excluding carboxylic acids is 1. The lowest BCUT2D eigenvalue weighted by molar-refractivity contribution is -0.506. The number of rotatable bonds is 6. The van der Waals surface area contributed by atoms with Gasteiger partial charge in [-0.2, -0.15) is 21.6 Å². The molecule has 0 fully saturated rings. The first-order valence-electron chi connectivity index (χ1n) is 9.79. The van der Waals surface area contributed by atoms with Gasteiger partial charge in [0.2, 0.25) is 0 Å². The molecule has 0 unspecified atom stereocenters. The minimum Gasteiger partial charge on any atom is -0.871 e. The lowest BCUT2D eigenvalue weighted by Gasteiger charge is -2.33. The zero-order chi connectivity index (χ0) is 24.9. The Labute approximate surface area is 187 Å². The molecule has 1 aliphatic heterocycles. The van der Waals surface area contributed by atoms with Gasteiger partial charge in [0.15, 0.2) is 12.8 Å². The van der Waals surface area contributed by atoms with Crippen molar-refractivity contribution >= 4 is 44.4 Å². The Hall–Kier alpha value is -3.35. The molecule has 1 aliphatic carbocycles. The molecule has 0 radical (unpaired) electrons. The molecule has 1 aromatic carbocycles. The first-order valence-corrected chi connectivity index (χ1v) is 11.3. The summed E-state index contributed by atoms with van der Waals surface area (Å²) in [6, 6.07) is 3.84. The summed E-state index contributed by atoms with van der Waals surface area (Å²) in [5.41, 5.74) is -6.78. The molecular weight excluding hydrogens is 465 g/mol. The number of alkyl halides is 3. The lowest BCUT2D eigenvalue weighted by Crippen LogP contribution is -2.34. The fraction of sp³-hybridized carbons (Fsp3) is 0.350. The summed E-state index contributed by atoms with van der Waals surface area (Å²) in [4.78, 5) is 14.6. The Balaban J connectivity index is 2.20. The van der Waals surface area contributed by atoms with Crippen LogP contribution in [0.15, 0.2) is 40.2 Å². The molecule has 0 amide bonds. The summed E-state index contributed by atoms with van der Waals surface area (Å²) < 4.78 is 65.2. The van der Waals surface area contributed by atoms with Gasteiger partial charge in [-0.15, -0.1) is 0 Å². The van der Waals surface area contributed by atoms with Crippen molar-refractivity contribution in [2.75, 3.05) is 29.8 Å². The SMILES string of the molecule is CCN(CC)c1ccc(C2=C([O-])/C(=C3\C(C)=N[N+](C)=C3O)C2=O)c(NS(=O)(=O)C(F)(F)F)c1. The highest BCUT2D eigenvalue weighted by atomic mass is 32.2. The number of halogens is 3. The minimum absolute atomic E-state index is 0.0755. The van der Waals surface area contributed by atoms with Crippen molar-refractivity contribution in [2.45, 2.75) is 26.3 Å². The summed E-state index contributed by atoms with van der Waals surface area (Å²) in [5, 5.41) is 27.0. The van der Waals surface area contributed by atoms with Crippen LogP contribution in [0.1, 0.15) is 26.3 Å². The van der Waals surface area contributed by atoms with Gasteiger partial charge < -0.3 is 15.1 Å². The third-order valence-electron chi connectivity index (χ3n) is 5.30. The average Bonchev–Trinajstić information content (AvgIpc) is 2.96. The molecule has 0 saturated heterocycles.